The molecule has 2 aromatic rings. The minimum atomic E-state index is -3.48. The molecule has 1 amide bonds. The van der Waals surface area contributed by atoms with E-state index in [0.717, 1.165) is 15.6 Å². The number of carbonyl (C=O) groups excluding carboxylic acids is 1. The highest BCUT2D eigenvalue weighted by atomic mass is 32.2. The molecule has 0 aromatic heterocycles. The van der Waals surface area contributed by atoms with Crippen molar-refractivity contribution >= 4 is 27.7 Å². The topological polar surface area (TPSA) is 75.7 Å². The van der Waals surface area contributed by atoms with Gasteiger partial charge in [0.25, 0.3) is 0 Å². The summed E-state index contributed by atoms with van der Waals surface area (Å²) in [5, 5.41) is 2.69. The van der Waals surface area contributed by atoms with E-state index >= 15 is 0 Å². The minimum Gasteiger partial charge on any atom is -0.494 e. The number of rotatable bonds is 7. The lowest BCUT2D eigenvalue weighted by molar-refractivity contribution is -0.111. The zero-order valence-electron chi connectivity index (χ0n) is 15.0. The highest BCUT2D eigenvalue weighted by Crippen LogP contribution is 2.17. The molecule has 6 nitrogen and oxygen atoms in total. The summed E-state index contributed by atoms with van der Waals surface area (Å²) in [6.45, 7) is 2.52. The number of nitrogens with zero attached hydrogens (tertiary/aromatic N) is 1. The summed E-state index contributed by atoms with van der Waals surface area (Å²) in [6, 6.07) is 13.4. The molecule has 0 aliphatic heterocycles. The molecule has 0 bridgehead atoms. The number of hydrogen-bond donors (Lipinski definition) is 1. The largest absolute Gasteiger partial charge is 0.494 e. The van der Waals surface area contributed by atoms with E-state index in [-0.39, 0.29) is 10.8 Å². The monoisotopic (exact) mass is 374 g/mol. The number of amides is 1. The van der Waals surface area contributed by atoms with Gasteiger partial charge in [0.2, 0.25) is 15.9 Å². The average molecular weight is 374 g/mol. The summed E-state index contributed by atoms with van der Waals surface area (Å²) in [5.74, 6) is 0.476. The Morgan fingerprint density at radius 2 is 1.69 bits per heavy atom. The molecule has 138 valence electrons. The van der Waals surface area contributed by atoms with Gasteiger partial charge in [0.1, 0.15) is 5.75 Å². The zero-order chi connectivity index (χ0) is 19.2. The second kappa shape index (κ2) is 8.64. The van der Waals surface area contributed by atoms with Crippen LogP contribution in [-0.4, -0.2) is 39.3 Å². The van der Waals surface area contributed by atoms with E-state index in [1.165, 1.54) is 32.3 Å². The van der Waals surface area contributed by atoms with Crippen molar-refractivity contribution in [2.45, 2.75) is 11.8 Å². The van der Waals surface area contributed by atoms with Crippen molar-refractivity contribution in [1.82, 2.24) is 4.31 Å². The standard InChI is InChI=1S/C19H22N2O4S/c1-4-25-17-10-5-15(6-11-17)7-14-19(22)20-16-8-12-18(13-9-16)26(23,24)21(2)3/h5-14H,4H2,1-3H3,(H,20,22)/b14-7+. The molecular formula is C19H22N2O4S. The van der Waals surface area contributed by atoms with Crippen molar-refractivity contribution in [2.75, 3.05) is 26.0 Å². The normalized spacial score (nSPS) is 11.7. The Morgan fingerprint density at radius 1 is 1.08 bits per heavy atom. The molecule has 7 heteroatoms. The van der Waals surface area contributed by atoms with Crippen LogP contribution in [0.15, 0.2) is 59.5 Å². The maximum Gasteiger partial charge on any atom is 0.248 e. The molecule has 0 saturated heterocycles. The van der Waals surface area contributed by atoms with E-state index in [1.807, 2.05) is 31.2 Å². The van der Waals surface area contributed by atoms with E-state index in [4.69, 9.17) is 4.74 Å². The molecule has 0 spiro atoms. The van der Waals surface area contributed by atoms with Gasteiger partial charge in [-0.1, -0.05) is 12.1 Å². The van der Waals surface area contributed by atoms with Crippen molar-refractivity contribution in [1.29, 1.82) is 0 Å². The Kier molecular flexibility index (Phi) is 6.54. The molecule has 0 radical (unpaired) electrons. The molecule has 0 aliphatic carbocycles. The molecule has 0 saturated carbocycles. The fourth-order valence-electron chi connectivity index (χ4n) is 2.12. The number of carbonyl (C=O) groups is 1. The van der Waals surface area contributed by atoms with Crippen LogP contribution in [0.4, 0.5) is 5.69 Å². The third kappa shape index (κ3) is 5.18. The van der Waals surface area contributed by atoms with Gasteiger partial charge in [0.15, 0.2) is 0 Å². The Morgan fingerprint density at radius 3 is 2.23 bits per heavy atom. The van der Waals surface area contributed by atoms with Crippen LogP contribution in [0.5, 0.6) is 5.75 Å². The number of ether oxygens (including phenoxy) is 1. The van der Waals surface area contributed by atoms with Crippen LogP contribution in [0.2, 0.25) is 0 Å². The third-order valence-corrected chi connectivity index (χ3v) is 5.35. The molecule has 0 fully saturated rings. The van der Waals surface area contributed by atoms with E-state index in [9.17, 15) is 13.2 Å². The molecule has 2 rings (SSSR count). The second-order valence-corrected chi connectivity index (χ2v) is 7.79. The SMILES string of the molecule is CCOc1ccc(/C=C/C(=O)Nc2ccc(S(=O)(=O)N(C)C)cc2)cc1. The summed E-state index contributed by atoms with van der Waals surface area (Å²) >= 11 is 0. The van der Waals surface area contributed by atoms with Crippen LogP contribution in [0.25, 0.3) is 6.08 Å². The van der Waals surface area contributed by atoms with Gasteiger partial charge in [-0.15, -0.1) is 0 Å². The lowest BCUT2D eigenvalue weighted by Crippen LogP contribution is -2.22. The second-order valence-electron chi connectivity index (χ2n) is 5.64. The molecule has 2 aromatic carbocycles. The molecular weight excluding hydrogens is 352 g/mol. The van der Waals surface area contributed by atoms with Crippen molar-refractivity contribution in [3.05, 3.63) is 60.2 Å². The van der Waals surface area contributed by atoms with Gasteiger partial charge in [-0.25, -0.2) is 12.7 Å². The van der Waals surface area contributed by atoms with Gasteiger partial charge in [0, 0.05) is 25.9 Å². The van der Waals surface area contributed by atoms with Gasteiger partial charge in [-0.05, 0) is 55.0 Å². The summed E-state index contributed by atoms with van der Waals surface area (Å²) in [6.07, 6.45) is 3.11. The molecule has 1 N–H and O–H groups in total. The van der Waals surface area contributed by atoms with E-state index < -0.39 is 10.0 Å². The highest BCUT2D eigenvalue weighted by molar-refractivity contribution is 7.89. The van der Waals surface area contributed by atoms with Crippen LogP contribution in [-0.2, 0) is 14.8 Å². The molecule has 0 heterocycles. The highest BCUT2D eigenvalue weighted by Gasteiger charge is 2.16. The first-order chi connectivity index (χ1) is 12.3. The average Bonchev–Trinajstić information content (AvgIpc) is 2.62. The van der Waals surface area contributed by atoms with Crippen LogP contribution in [0.3, 0.4) is 0 Å². The maximum atomic E-state index is 12.0. The van der Waals surface area contributed by atoms with Crippen molar-refractivity contribution in [3.63, 3.8) is 0 Å². The van der Waals surface area contributed by atoms with Gasteiger partial charge >= 0.3 is 0 Å². The molecule has 0 atom stereocenters. The number of nitrogens with one attached hydrogen (secondary N) is 1. The lowest BCUT2D eigenvalue weighted by Gasteiger charge is -2.11. The number of benzene rings is 2. The van der Waals surface area contributed by atoms with Gasteiger partial charge in [-0.3, -0.25) is 4.79 Å². The number of hydrogen-bond acceptors (Lipinski definition) is 4. The fourth-order valence-corrected chi connectivity index (χ4v) is 3.02. The minimum absolute atomic E-state index is 0.172. The molecule has 0 aliphatic rings. The van der Waals surface area contributed by atoms with E-state index in [1.54, 1.807) is 18.2 Å². The predicted octanol–water partition coefficient (Wildman–Crippen LogP) is 2.99. The van der Waals surface area contributed by atoms with Gasteiger partial charge < -0.3 is 10.1 Å². The van der Waals surface area contributed by atoms with Crippen LogP contribution >= 0.6 is 0 Å². The van der Waals surface area contributed by atoms with Crippen molar-refractivity contribution in [2.24, 2.45) is 0 Å². The first-order valence-corrected chi connectivity index (χ1v) is 9.51. The van der Waals surface area contributed by atoms with E-state index in [0.29, 0.717) is 12.3 Å². The molecule has 0 unspecified atom stereocenters. The van der Waals surface area contributed by atoms with E-state index in [2.05, 4.69) is 5.32 Å². The van der Waals surface area contributed by atoms with Crippen molar-refractivity contribution < 1.29 is 17.9 Å². The maximum absolute atomic E-state index is 12.0. The van der Waals surface area contributed by atoms with Gasteiger partial charge in [-0.2, -0.15) is 0 Å². The smallest absolute Gasteiger partial charge is 0.248 e. The Balaban J connectivity index is 1.99. The van der Waals surface area contributed by atoms with Crippen LogP contribution in [0, 0.1) is 0 Å². The summed E-state index contributed by atoms with van der Waals surface area (Å²) in [4.78, 5) is 12.2. The Labute approximate surface area is 154 Å². The summed E-state index contributed by atoms with van der Waals surface area (Å²) < 4.78 is 30.5. The third-order valence-electron chi connectivity index (χ3n) is 3.52. The van der Waals surface area contributed by atoms with Crippen molar-refractivity contribution in [3.8, 4) is 5.75 Å². The summed E-state index contributed by atoms with van der Waals surface area (Å²) in [7, 11) is -0.542. The zero-order valence-corrected chi connectivity index (χ0v) is 15.8. The lowest BCUT2D eigenvalue weighted by atomic mass is 10.2. The molecule has 26 heavy (non-hydrogen) atoms. The quantitative estimate of drug-likeness (QED) is 0.756. The van der Waals surface area contributed by atoms with Gasteiger partial charge in [0.05, 0.1) is 11.5 Å². The van der Waals surface area contributed by atoms with Crippen LogP contribution < -0.4 is 10.1 Å². The predicted molar refractivity (Wildman–Crippen MR) is 103 cm³/mol. The number of sulfonamides is 1. The Hall–Kier alpha value is -2.64. The first kappa shape index (κ1) is 19.7. The fraction of sp³-hybridized carbons (Fsp3) is 0.211. The number of anilines is 1. The summed E-state index contributed by atoms with van der Waals surface area (Å²) in [5.41, 5.74) is 1.39. The first-order valence-electron chi connectivity index (χ1n) is 8.07. The Bertz CT molecular complexity index is 871. The van der Waals surface area contributed by atoms with Crippen LogP contribution in [0.1, 0.15) is 12.5 Å².